The van der Waals surface area contributed by atoms with Gasteiger partial charge >= 0.3 is 12.0 Å². The van der Waals surface area contributed by atoms with E-state index in [4.69, 9.17) is 10.8 Å². The van der Waals surface area contributed by atoms with Crippen molar-refractivity contribution in [1.82, 2.24) is 5.32 Å². The second kappa shape index (κ2) is 7.25. The molecule has 1 atom stereocenters. The number of carbonyl (C=O) groups is 2. The number of carbonyl (C=O) groups excluding carboxylic acids is 1. The number of para-hydroxylation sites is 2. The van der Waals surface area contributed by atoms with E-state index in [0.717, 1.165) is 0 Å². The summed E-state index contributed by atoms with van der Waals surface area (Å²) in [5.41, 5.74) is 6.74. The van der Waals surface area contributed by atoms with Gasteiger partial charge in [-0.1, -0.05) is 19.1 Å². The molecular formula is C13H19N3O3. The zero-order valence-corrected chi connectivity index (χ0v) is 10.8. The number of nitrogens with one attached hydrogen (secondary N) is 2. The fraction of sp³-hybridized carbons (Fsp3) is 0.385. The molecule has 0 radical (unpaired) electrons. The van der Waals surface area contributed by atoms with E-state index in [1.807, 2.05) is 0 Å². The molecule has 0 aromatic heterocycles. The van der Waals surface area contributed by atoms with Crippen LogP contribution in [0.2, 0.25) is 0 Å². The summed E-state index contributed by atoms with van der Waals surface area (Å²) in [5.74, 6) is -1.21. The van der Waals surface area contributed by atoms with Crippen LogP contribution in [0, 0.1) is 5.92 Å². The van der Waals surface area contributed by atoms with E-state index in [1.165, 1.54) is 0 Å². The number of amides is 2. The smallest absolute Gasteiger partial charge is 0.319 e. The highest BCUT2D eigenvalue weighted by molar-refractivity contribution is 5.92. The molecule has 1 rings (SSSR count). The van der Waals surface area contributed by atoms with E-state index < -0.39 is 11.9 Å². The van der Waals surface area contributed by atoms with Gasteiger partial charge in [-0.2, -0.15) is 0 Å². The van der Waals surface area contributed by atoms with Crippen LogP contribution in [-0.4, -0.2) is 23.7 Å². The number of nitrogen functional groups attached to an aromatic ring is 1. The number of anilines is 2. The Kier molecular flexibility index (Phi) is 5.66. The standard InChI is InChI=1S/C13H19N3O3/c1-9(12(17)18)5-4-8-15-13(19)16-11-7-3-2-6-10(11)14/h2-3,6-7,9H,4-5,8,14H2,1H3,(H,17,18)(H2,15,16,19). The molecule has 6 nitrogen and oxygen atoms in total. The minimum absolute atomic E-state index is 0.346. The van der Waals surface area contributed by atoms with E-state index in [0.29, 0.717) is 30.8 Å². The third-order valence-electron chi connectivity index (χ3n) is 2.73. The van der Waals surface area contributed by atoms with Crippen molar-refractivity contribution in [2.24, 2.45) is 5.92 Å². The molecule has 0 aliphatic carbocycles. The molecule has 1 aromatic rings. The fourth-order valence-electron chi connectivity index (χ4n) is 1.51. The Morgan fingerprint density at radius 1 is 1.37 bits per heavy atom. The van der Waals surface area contributed by atoms with Crippen LogP contribution >= 0.6 is 0 Å². The minimum atomic E-state index is -0.818. The maximum absolute atomic E-state index is 11.5. The fourth-order valence-corrected chi connectivity index (χ4v) is 1.51. The summed E-state index contributed by atoms with van der Waals surface area (Å²) in [5, 5.41) is 14.0. The lowest BCUT2D eigenvalue weighted by atomic mass is 10.1. The average molecular weight is 265 g/mol. The SMILES string of the molecule is CC(CCCNC(=O)Nc1ccccc1N)C(=O)O. The van der Waals surface area contributed by atoms with Crippen LogP contribution in [0.5, 0.6) is 0 Å². The number of benzene rings is 1. The highest BCUT2D eigenvalue weighted by Crippen LogP contribution is 2.16. The molecule has 6 heteroatoms. The van der Waals surface area contributed by atoms with Gasteiger partial charge in [-0.15, -0.1) is 0 Å². The van der Waals surface area contributed by atoms with Gasteiger partial charge in [-0.05, 0) is 25.0 Å². The Hall–Kier alpha value is -2.24. The predicted molar refractivity (Wildman–Crippen MR) is 73.9 cm³/mol. The number of rotatable bonds is 6. The number of carboxylic acid groups (broad SMARTS) is 1. The van der Waals surface area contributed by atoms with Gasteiger partial charge < -0.3 is 21.5 Å². The van der Waals surface area contributed by atoms with Crippen molar-refractivity contribution in [2.45, 2.75) is 19.8 Å². The van der Waals surface area contributed by atoms with E-state index in [2.05, 4.69) is 10.6 Å². The molecule has 0 spiro atoms. The van der Waals surface area contributed by atoms with Crippen LogP contribution < -0.4 is 16.4 Å². The number of hydrogen-bond acceptors (Lipinski definition) is 3. The molecule has 0 saturated heterocycles. The lowest BCUT2D eigenvalue weighted by Gasteiger charge is -2.10. The second-order valence-electron chi connectivity index (χ2n) is 4.35. The highest BCUT2D eigenvalue weighted by Gasteiger charge is 2.10. The van der Waals surface area contributed by atoms with E-state index in [-0.39, 0.29) is 6.03 Å². The lowest BCUT2D eigenvalue weighted by Crippen LogP contribution is -2.30. The van der Waals surface area contributed by atoms with Crippen LogP contribution in [0.15, 0.2) is 24.3 Å². The van der Waals surface area contributed by atoms with E-state index in [1.54, 1.807) is 31.2 Å². The molecule has 0 aliphatic rings. The van der Waals surface area contributed by atoms with Crippen LogP contribution in [0.3, 0.4) is 0 Å². The summed E-state index contributed by atoms with van der Waals surface area (Å²) in [6, 6.07) is 6.62. The van der Waals surface area contributed by atoms with Crippen molar-refractivity contribution in [3.05, 3.63) is 24.3 Å². The van der Waals surface area contributed by atoms with Crippen molar-refractivity contribution in [1.29, 1.82) is 0 Å². The molecule has 0 heterocycles. The summed E-state index contributed by atoms with van der Waals surface area (Å²) < 4.78 is 0. The topological polar surface area (TPSA) is 104 Å². The van der Waals surface area contributed by atoms with Gasteiger partial charge in [-0.3, -0.25) is 4.79 Å². The van der Waals surface area contributed by atoms with Crippen LogP contribution in [0.1, 0.15) is 19.8 Å². The van der Waals surface area contributed by atoms with Gasteiger partial charge in [0, 0.05) is 6.54 Å². The van der Waals surface area contributed by atoms with Gasteiger partial charge in [0.15, 0.2) is 0 Å². The molecule has 0 fully saturated rings. The first-order valence-corrected chi connectivity index (χ1v) is 6.13. The summed E-state index contributed by atoms with van der Waals surface area (Å²) >= 11 is 0. The molecule has 0 aliphatic heterocycles. The molecule has 19 heavy (non-hydrogen) atoms. The number of carboxylic acids is 1. The number of aliphatic carboxylic acids is 1. The zero-order valence-electron chi connectivity index (χ0n) is 10.8. The van der Waals surface area contributed by atoms with Crippen molar-refractivity contribution in [2.75, 3.05) is 17.6 Å². The van der Waals surface area contributed by atoms with Gasteiger partial charge in [0.25, 0.3) is 0 Å². The van der Waals surface area contributed by atoms with Crippen molar-refractivity contribution >= 4 is 23.4 Å². The Morgan fingerprint density at radius 3 is 2.68 bits per heavy atom. The monoisotopic (exact) mass is 265 g/mol. The highest BCUT2D eigenvalue weighted by atomic mass is 16.4. The Labute approximate surface area is 112 Å². The lowest BCUT2D eigenvalue weighted by molar-refractivity contribution is -0.141. The summed E-state index contributed by atoms with van der Waals surface area (Å²) in [6.45, 7) is 2.07. The molecule has 104 valence electrons. The number of urea groups is 1. The third kappa shape index (κ3) is 5.29. The molecule has 0 bridgehead atoms. The predicted octanol–water partition coefficient (Wildman–Crippen LogP) is 1.89. The average Bonchev–Trinajstić information content (AvgIpc) is 2.37. The maximum atomic E-state index is 11.5. The largest absolute Gasteiger partial charge is 0.481 e. The Bertz CT molecular complexity index is 449. The van der Waals surface area contributed by atoms with Crippen molar-refractivity contribution in [3.63, 3.8) is 0 Å². The summed E-state index contributed by atoms with van der Waals surface area (Å²) in [7, 11) is 0. The van der Waals surface area contributed by atoms with Crippen LogP contribution in [-0.2, 0) is 4.79 Å². The van der Waals surface area contributed by atoms with Crippen molar-refractivity contribution in [3.8, 4) is 0 Å². The summed E-state index contributed by atoms with van der Waals surface area (Å²) in [6.07, 6.45) is 1.15. The first kappa shape index (κ1) is 14.8. The van der Waals surface area contributed by atoms with E-state index in [9.17, 15) is 9.59 Å². The normalized spacial score (nSPS) is 11.6. The first-order valence-electron chi connectivity index (χ1n) is 6.13. The third-order valence-corrected chi connectivity index (χ3v) is 2.73. The second-order valence-corrected chi connectivity index (χ2v) is 4.35. The van der Waals surface area contributed by atoms with Gasteiger partial charge in [0.2, 0.25) is 0 Å². The zero-order chi connectivity index (χ0) is 14.3. The quantitative estimate of drug-likeness (QED) is 0.465. The Morgan fingerprint density at radius 2 is 2.05 bits per heavy atom. The van der Waals surface area contributed by atoms with Crippen molar-refractivity contribution < 1.29 is 14.7 Å². The molecule has 1 unspecified atom stereocenters. The molecule has 1 aromatic carbocycles. The Balaban J connectivity index is 2.26. The van der Waals surface area contributed by atoms with E-state index >= 15 is 0 Å². The molecule has 0 saturated carbocycles. The number of hydrogen-bond donors (Lipinski definition) is 4. The van der Waals surface area contributed by atoms with Crippen LogP contribution in [0.4, 0.5) is 16.2 Å². The van der Waals surface area contributed by atoms with Gasteiger partial charge in [0.05, 0.1) is 17.3 Å². The van der Waals surface area contributed by atoms with Gasteiger partial charge in [0.1, 0.15) is 0 Å². The molecule has 5 N–H and O–H groups in total. The number of nitrogens with two attached hydrogens (primary N) is 1. The van der Waals surface area contributed by atoms with Gasteiger partial charge in [-0.25, -0.2) is 4.79 Å². The maximum Gasteiger partial charge on any atom is 0.319 e. The minimum Gasteiger partial charge on any atom is -0.481 e. The summed E-state index contributed by atoms with van der Waals surface area (Å²) in [4.78, 5) is 22.1. The van der Waals surface area contributed by atoms with Crippen LogP contribution in [0.25, 0.3) is 0 Å². The first-order chi connectivity index (χ1) is 9.00. The molecular weight excluding hydrogens is 246 g/mol. The molecule has 2 amide bonds.